The molecule has 3 N–H and O–H groups in total. The normalized spacial score (nSPS) is 10.3. The standard InChI is InChI=1S/C12H11ClIN3/c1-7-4-5-16-12(11(7)15)17-10-3-2-8(14)6-9(10)13/h2-6H,15H2,1H3,(H,16,17). The van der Waals surface area contributed by atoms with Gasteiger partial charge >= 0.3 is 0 Å². The molecule has 0 fully saturated rings. The number of nitrogen functional groups attached to an aromatic ring is 1. The van der Waals surface area contributed by atoms with Crippen LogP contribution in [0.25, 0.3) is 0 Å². The third kappa shape index (κ3) is 2.81. The summed E-state index contributed by atoms with van der Waals surface area (Å²) >= 11 is 8.35. The summed E-state index contributed by atoms with van der Waals surface area (Å²) in [5, 5.41) is 3.79. The molecule has 0 aliphatic rings. The van der Waals surface area contributed by atoms with Gasteiger partial charge in [0.2, 0.25) is 0 Å². The number of pyridine rings is 1. The Balaban J connectivity index is 2.35. The fraction of sp³-hybridized carbons (Fsp3) is 0.0833. The molecule has 1 aromatic heterocycles. The minimum absolute atomic E-state index is 0.633. The first kappa shape index (κ1) is 12.4. The molecule has 1 heterocycles. The van der Waals surface area contributed by atoms with Crippen LogP contribution < -0.4 is 11.1 Å². The third-order valence-corrected chi connectivity index (χ3v) is 3.38. The number of nitrogens with two attached hydrogens (primary N) is 1. The number of rotatable bonds is 2. The Morgan fingerprint density at radius 1 is 1.35 bits per heavy atom. The number of halogens is 2. The molecule has 0 bridgehead atoms. The Morgan fingerprint density at radius 3 is 2.82 bits per heavy atom. The van der Waals surface area contributed by atoms with Gasteiger partial charge in [-0.3, -0.25) is 0 Å². The lowest BCUT2D eigenvalue weighted by Crippen LogP contribution is -2.01. The number of anilines is 3. The summed E-state index contributed by atoms with van der Waals surface area (Å²) < 4.78 is 1.09. The molecule has 88 valence electrons. The predicted molar refractivity (Wildman–Crippen MR) is 80.8 cm³/mol. The number of hydrogen-bond acceptors (Lipinski definition) is 3. The fourth-order valence-corrected chi connectivity index (χ4v) is 2.29. The summed E-state index contributed by atoms with van der Waals surface area (Å²) in [6.45, 7) is 1.94. The topological polar surface area (TPSA) is 50.9 Å². The summed E-state index contributed by atoms with van der Waals surface area (Å²) in [6, 6.07) is 7.64. The van der Waals surface area contributed by atoms with Gasteiger partial charge in [-0.15, -0.1) is 0 Å². The van der Waals surface area contributed by atoms with Crippen molar-refractivity contribution in [3.8, 4) is 0 Å². The minimum Gasteiger partial charge on any atom is -0.396 e. The zero-order chi connectivity index (χ0) is 12.4. The van der Waals surface area contributed by atoms with Crippen LogP contribution in [-0.4, -0.2) is 4.98 Å². The quantitative estimate of drug-likeness (QED) is 0.798. The van der Waals surface area contributed by atoms with Crippen LogP contribution in [0.1, 0.15) is 5.56 Å². The van der Waals surface area contributed by atoms with E-state index in [4.69, 9.17) is 17.3 Å². The van der Waals surface area contributed by atoms with Crippen LogP contribution in [0.4, 0.5) is 17.2 Å². The highest BCUT2D eigenvalue weighted by atomic mass is 127. The average Bonchev–Trinajstić information content (AvgIpc) is 2.28. The molecule has 0 amide bonds. The largest absolute Gasteiger partial charge is 0.396 e. The predicted octanol–water partition coefficient (Wildman–Crippen LogP) is 3.97. The Labute approximate surface area is 119 Å². The first-order valence-electron chi connectivity index (χ1n) is 5.01. The second kappa shape index (κ2) is 5.10. The average molecular weight is 360 g/mol. The summed E-state index contributed by atoms with van der Waals surface area (Å²) in [5.74, 6) is 0.633. The van der Waals surface area contributed by atoms with Crippen LogP contribution in [-0.2, 0) is 0 Å². The lowest BCUT2D eigenvalue weighted by atomic mass is 10.2. The van der Waals surface area contributed by atoms with E-state index in [0.29, 0.717) is 16.5 Å². The minimum atomic E-state index is 0.633. The molecule has 2 aromatic rings. The molecule has 0 atom stereocenters. The SMILES string of the molecule is Cc1ccnc(Nc2ccc(I)cc2Cl)c1N. The molecule has 0 aliphatic carbocycles. The van der Waals surface area contributed by atoms with Gasteiger partial charge in [-0.25, -0.2) is 4.98 Å². The van der Waals surface area contributed by atoms with Gasteiger partial charge in [0, 0.05) is 9.77 Å². The molecule has 2 rings (SSSR count). The van der Waals surface area contributed by atoms with Crippen molar-refractivity contribution < 1.29 is 0 Å². The van der Waals surface area contributed by atoms with Gasteiger partial charge in [0.05, 0.1) is 16.4 Å². The first-order chi connectivity index (χ1) is 8.08. The van der Waals surface area contributed by atoms with Crippen LogP contribution in [0.5, 0.6) is 0 Å². The van der Waals surface area contributed by atoms with Gasteiger partial charge in [-0.2, -0.15) is 0 Å². The van der Waals surface area contributed by atoms with Crippen molar-refractivity contribution in [1.82, 2.24) is 4.98 Å². The number of benzene rings is 1. The molecular weight excluding hydrogens is 349 g/mol. The molecule has 17 heavy (non-hydrogen) atoms. The van der Waals surface area contributed by atoms with E-state index in [1.54, 1.807) is 6.20 Å². The van der Waals surface area contributed by atoms with Crippen molar-refractivity contribution in [1.29, 1.82) is 0 Å². The molecule has 0 saturated carbocycles. The highest BCUT2D eigenvalue weighted by molar-refractivity contribution is 14.1. The Morgan fingerprint density at radius 2 is 2.12 bits per heavy atom. The van der Waals surface area contributed by atoms with Gasteiger partial charge in [0.15, 0.2) is 5.82 Å². The molecule has 3 nitrogen and oxygen atoms in total. The molecule has 0 radical (unpaired) electrons. The number of nitrogens with one attached hydrogen (secondary N) is 1. The van der Waals surface area contributed by atoms with E-state index < -0.39 is 0 Å². The summed E-state index contributed by atoms with van der Waals surface area (Å²) in [5.41, 5.74) is 8.37. The van der Waals surface area contributed by atoms with Crippen molar-refractivity contribution in [2.75, 3.05) is 11.1 Å². The lowest BCUT2D eigenvalue weighted by molar-refractivity contribution is 1.28. The Kier molecular flexibility index (Phi) is 3.73. The lowest BCUT2D eigenvalue weighted by Gasteiger charge is -2.11. The van der Waals surface area contributed by atoms with E-state index in [1.807, 2.05) is 31.2 Å². The summed E-state index contributed by atoms with van der Waals surface area (Å²) in [6.07, 6.45) is 1.72. The second-order valence-corrected chi connectivity index (χ2v) is 5.29. The Hall–Kier alpha value is -1.01. The van der Waals surface area contributed by atoms with Crippen molar-refractivity contribution in [2.45, 2.75) is 6.92 Å². The number of aromatic nitrogens is 1. The van der Waals surface area contributed by atoms with Gasteiger partial charge in [0.25, 0.3) is 0 Å². The highest BCUT2D eigenvalue weighted by Crippen LogP contribution is 2.29. The van der Waals surface area contributed by atoms with Gasteiger partial charge < -0.3 is 11.1 Å². The van der Waals surface area contributed by atoms with Crippen LogP contribution in [0.2, 0.25) is 5.02 Å². The molecule has 1 aromatic carbocycles. The number of nitrogens with zero attached hydrogens (tertiary/aromatic N) is 1. The maximum Gasteiger partial charge on any atom is 0.153 e. The van der Waals surface area contributed by atoms with Crippen LogP contribution in [0, 0.1) is 10.5 Å². The van der Waals surface area contributed by atoms with Crippen molar-refractivity contribution in [2.24, 2.45) is 0 Å². The summed E-state index contributed by atoms with van der Waals surface area (Å²) in [4.78, 5) is 4.20. The van der Waals surface area contributed by atoms with E-state index >= 15 is 0 Å². The van der Waals surface area contributed by atoms with Gasteiger partial charge in [-0.05, 0) is 59.3 Å². The van der Waals surface area contributed by atoms with Gasteiger partial charge in [0.1, 0.15) is 0 Å². The van der Waals surface area contributed by atoms with Crippen molar-refractivity contribution in [3.63, 3.8) is 0 Å². The zero-order valence-corrected chi connectivity index (χ0v) is 12.1. The molecule has 0 aliphatic heterocycles. The molecule has 0 unspecified atom stereocenters. The van der Waals surface area contributed by atoms with Crippen LogP contribution in [0.3, 0.4) is 0 Å². The van der Waals surface area contributed by atoms with E-state index in [1.165, 1.54) is 0 Å². The van der Waals surface area contributed by atoms with E-state index in [0.717, 1.165) is 14.8 Å². The summed E-state index contributed by atoms with van der Waals surface area (Å²) in [7, 11) is 0. The van der Waals surface area contributed by atoms with Crippen LogP contribution >= 0.6 is 34.2 Å². The smallest absolute Gasteiger partial charge is 0.153 e. The Bertz CT molecular complexity index is 557. The maximum atomic E-state index is 6.14. The highest BCUT2D eigenvalue weighted by Gasteiger charge is 2.06. The van der Waals surface area contributed by atoms with Crippen molar-refractivity contribution in [3.05, 3.63) is 44.6 Å². The second-order valence-electron chi connectivity index (χ2n) is 3.64. The molecule has 5 heteroatoms. The fourth-order valence-electron chi connectivity index (χ4n) is 1.39. The molecular formula is C12H11ClIN3. The van der Waals surface area contributed by atoms with E-state index in [-0.39, 0.29) is 0 Å². The van der Waals surface area contributed by atoms with E-state index in [9.17, 15) is 0 Å². The third-order valence-electron chi connectivity index (χ3n) is 2.39. The number of hydrogen-bond donors (Lipinski definition) is 2. The van der Waals surface area contributed by atoms with E-state index in [2.05, 4.69) is 32.9 Å². The first-order valence-corrected chi connectivity index (χ1v) is 6.47. The van der Waals surface area contributed by atoms with Crippen molar-refractivity contribution >= 4 is 51.4 Å². The molecule has 0 spiro atoms. The maximum absolute atomic E-state index is 6.14. The number of aryl methyl sites for hydroxylation is 1. The van der Waals surface area contributed by atoms with Crippen LogP contribution in [0.15, 0.2) is 30.5 Å². The van der Waals surface area contributed by atoms with Gasteiger partial charge in [-0.1, -0.05) is 11.6 Å². The zero-order valence-electron chi connectivity index (χ0n) is 9.17. The monoisotopic (exact) mass is 359 g/mol. The molecule has 0 saturated heterocycles.